The molecule has 0 saturated carbocycles. The zero-order valence-corrected chi connectivity index (χ0v) is 10.2. The SMILES string of the molecule is COC(=O)Cc1c[nH]c2c(OC)cc(C)cc12. The standard InChI is InChI=1S/C13H15NO3/c1-8-4-10-9(6-12(15)17-3)7-14-13(10)11(5-8)16-2/h4-5,7,14H,6H2,1-3H3. The van der Waals surface area contributed by atoms with Crippen LogP contribution < -0.4 is 4.74 Å². The molecule has 1 heterocycles. The van der Waals surface area contributed by atoms with Crippen LogP contribution in [-0.2, 0) is 16.0 Å². The number of hydrogen-bond donors (Lipinski definition) is 1. The molecule has 0 radical (unpaired) electrons. The van der Waals surface area contributed by atoms with Crippen molar-refractivity contribution in [3.63, 3.8) is 0 Å². The Labute approximate surface area is 99.5 Å². The topological polar surface area (TPSA) is 51.3 Å². The van der Waals surface area contributed by atoms with Gasteiger partial charge < -0.3 is 14.5 Å². The lowest BCUT2D eigenvalue weighted by molar-refractivity contribution is -0.139. The molecule has 0 bridgehead atoms. The molecule has 17 heavy (non-hydrogen) atoms. The summed E-state index contributed by atoms with van der Waals surface area (Å²) in [6.07, 6.45) is 2.09. The first-order valence-electron chi connectivity index (χ1n) is 5.37. The second kappa shape index (κ2) is 4.49. The van der Waals surface area contributed by atoms with Crippen molar-refractivity contribution in [2.24, 2.45) is 0 Å². The maximum absolute atomic E-state index is 11.3. The molecule has 2 aromatic rings. The zero-order valence-electron chi connectivity index (χ0n) is 10.2. The molecule has 4 nitrogen and oxygen atoms in total. The minimum absolute atomic E-state index is 0.244. The molecule has 0 aliphatic rings. The maximum Gasteiger partial charge on any atom is 0.310 e. The maximum atomic E-state index is 11.3. The van der Waals surface area contributed by atoms with Gasteiger partial charge in [0.15, 0.2) is 0 Å². The van der Waals surface area contributed by atoms with Crippen LogP contribution in [0.4, 0.5) is 0 Å². The Morgan fingerprint density at radius 2 is 2.12 bits per heavy atom. The van der Waals surface area contributed by atoms with Crippen molar-refractivity contribution in [3.05, 3.63) is 29.5 Å². The third-order valence-corrected chi connectivity index (χ3v) is 2.77. The van der Waals surface area contributed by atoms with E-state index in [9.17, 15) is 4.79 Å². The molecule has 1 aromatic carbocycles. The molecular formula is C13H15NO3. The van der Waals surface area contributed by atoms with Gasteiger partial charge in [0.1, 0.15) is 5.75 Å². The van der Waals surface area contributed by atoms with E-state index < -0.39 is 0 Å². The quantitative estimate of drug-likeness (QED) is 0.827. The number of aromatic amines is 1. The van der Waals surface area contributed by atoms with Crippen molar-refractivity contribution in [1.29, 1.82) is 0 Å². The van der Waals surface area contributed by atoms with Gasteiger partial charge in [-0.3, -0.25) is 4.79 Å². The summed E-state index contributed by atoms with van der Waals surface area (Å²) in [6, 6.07) is 3.99. The molecule has 0 aliphatic heterocycles. The van der Waals surface area contributed by atoms with Crippen LogP contribution >= 0.6 is 0 Å². The number of rotatable bonds is 3. The highest BCUT2D eigenvalue weighted by atomic mass is 16.5. The van der Waals surface area contributed by atoms with E-state index in [1.54, 1.807) is 7.11 Å². The average molecular weight is 233 g/mol. The van der Waals surface area contributed by atoms with Crippen LogP contribution in [0.25, 0.3) is 10.9 Å². The van der Waals surface area contributed by atoms with E-state index in [4.69, 9.17) is 4.74 Å². The van der Waals surface area contributed by atoms with Crippen molar-refractivity contribution in [2.45, 2.75) is 13.3 Å². The summed E-state index contributed by atoms with van der Waals surface area (Å²) in [7, 11) is 3.03. The van der Waals surface area contributed by atoms with E-state index in [1.807, 2.05) is 25.3 Å². The third-order valence-electron chi connectivity index (χ3n) is 2.77. The monoisotopic (exact) mass is 233 g/mol. The summed E-state index contributed by atoms with van der Waals surface area (Å²) in [6.45, 7) is 2.00. The van der Waals surface area contributed by atoms with Crippen LogP contribution in [0.5, 0.6) is 5.75 Å². The number of fused-ring (bicyclic) bond motifs is 1. The number of benzene rings is 1. The van der Waals surface area contributed by atoms with Gasteiger partial charge >= 0.3 is 5.97 Å². The van der Waals surface area contributed by atoms with Gasteiger partial charge in [0.05, 0.1) is 26.2 Å². The molecule has 90 valence electrons. The zero-order chi connectivity index (χ0) is 12.4. The van der Waals surface area contributed by atoms with E-state index >= 15 is 0 Å². The minimum atomic E-state index is -0.244. The van der Waals surface area contributed by atoms with Crippen LogP contribution in [0.15, 0.2) is 18.3 Å². The summed E-state index contributed by atoms with van der Waals surface area (Å²) < 4.78 is 9.98. The Balaban J connectivity index is 2.52. The highest BCUT2D eigenvalue weighted by Crippen LogP contribution is 2.29. The molecule has 1 aromatic heterocycles. The fourth-order valence-electron chi connectivity index (χ4n) is 1.93. The van der Waals surface area contributed by atoms with Crippen molar-refractivity contribution < 1.29 is 14.3 Å². The molecule has 0 atom stereocenters. The Bertz CT molecular complexity index is 557. The largest absolute Gasteiger partial charge is 0.495 e. The number of carbonyl (C=O) groups is 1. The van der Waals surface area contributed by atoms with Gasteiger partial charge in [0.2, 0.25) is 0 Å². The Kier molecular flexibility index (Phi) is 3.04. The third kappa shape index (κ3) is 2.11. The number of carbonyl (C=O) groups excluding carboxylic acids is 1. The van der Waals surface area contributed by atoms with Crippen LogP contribution in [0, 0.1) is 6.92 Å². The van der Waals surface area contributed by atoms with Crippen molar-refractivity contribution in [2.75, 3.05) is 14.2 Å². The molecule has 0 aliphatic carbocycles. The predicted molar refractivity (Wildman–Crippen MR) is 65.3 cm³/mol. The highest BCUT2D eigenvalue weighted by Gasteiger charge is 2.12. The minimum Gasteiger partial charge on any atom is -0.495 e. The van der Waals surface area contributed by atoms with Gasteiger partial charge in [0, 0.05) is 11.6 Å². The molecule has 2 rings (SSSR count). The first-order valence-corrected chi connectivity index (χ1v) is 5.37. The van der Waals surface area contributed by atoms with E-state index in [1.165, 1.54) is 7.11 Å². The number of methoxy groups -OCH3 is 2. The van der Waals surface area contributed by atoms with Crippen LogP contribution in [0.1, 0.15) is 11.1 Å². The number of aryl methyl sites for hydroxylation is 1. The second-order valence-corrected chi connectivity index (χ2v) is 3.96. The fourth-order valence-corrected chi connectivity index (χ4v) is 1.93. The molecule has 0 amide bonds. The van der Waals surface area contributed by atoms with Crippen LogP contribution in [0.3, 0.4) is 0 Å². The lowest BCUT2D eigenvalue weighted by Gasteiger charge is -2.04. The molecule has 0 spiro atoms. The van der Waals surface area contributed by atoms with Gasteiger partial charge in [-0.2, -0.15) is 0 Å². The number of nitrogens with one attached hydrogen (secondary N) is 1. The lowest BCUT2D eigenvalue weighted by Crippen LogP contribution is -2.03. The number of H-pyrrole nitrogens is 1. The second-order valence-electron chi connectivity index (χ2n) is 3.96. The van der Waals surface area contributed by atoms with Gasteiger partial charge in [-0.15, -0.1) is 0 Å². The molecule has 0 saturated heterocycles. The Hall–Kier alpha value is -1.97. The van der Waals surface area contributed by atoms with Gasteiger partial charge in [-0.05, 0) is 30.2 Å². The molecule has 4 heteroatoms. The van der Waals surface area contributed by atoms with E-state index in [2.05, 4.69) is 9.72 Å². The Morgan fingerprint density at radius 1 is 1.35 bits per heavy atom. The first kappa shape index (κ1) is 11.5. The number of hydrogen-bond acceptors (Lipinski definition) is 3. The average Bonchev–Trinajstić information content (AvgIpc) is 2.71. The van der Waals surface area contributed by atoms with E-state index in [-0.39, 0.29) is 12.4 Å². The van der Waals surface area contributed by atoms with Crippen LogP contribution in [0.2, 0.25) is 0 Å². The van der Waals surface area contributed by atoms with Gasteiger partial charge in [0.25, 0.3) is 0 Å². The van der Waals surface area contributed by atoms with Crippen molar-refractivity contribution in [1.82, 2.24) is 4.98 Å². The number of esters is 1. The van der Waals surface area contributed by atoms with Gasteiger partial charge in [-0.1, -0.05) is 0 Å². The normalized spacial score (nSPS) is 10.5. The van der Waals surface area contributed by atoms with Crippen molar-refractivity contribution >= 4 is 16.9 Å². The summed E-state index contributed by atoms with van der Waals surface area (Å²) in [5.41, 5.74) is 2.94. The first-order chi connectivity index (χ1) is 8.15. The van der Waals surface area contributed by atoms with Gasteiger partial charge in [-0.25, -0.2) is 0 Å². The number of aromatic nitrogens is 1. The lowest BCUT2D eigenvalue weighted by atomic mass is 10.1. The fraction of sp³-hybridized carbons (Fsp3) is 0.308. The summed E-state index contributed by atoms with van der Waals surface area (Å²) in [4.78, 5) is 14.4. The molecule has 0 unspecified atom stereocenters. The molecule has 1 N–H and O–H groups in total. The van der Waals surface area contributed by atoms with Crippen molar-refractivity contribution in [3.8, 4) is 5.75 Å². The van der Waals surface area contributed by atoms with Crippen LogP contribution in [-0.4, -0.2) is 25.2 Å². The number of ether oxygens (including phenoxy) is 2. The summed E-state index contributed by atoms with van der Waals surface area (Å²) in [5, 5.41) is 1.01. The summed E-state index contributed by atoms with van der Waals surface area (Å²) in [5.74, 6) is 0.544. The predicted octanol–water partition coefficient (Wildman–Crippen LogP) is 2.20. The summed E-state index contributed by atoms with van der Waals surface area (Å²) >= 11 is 0. The molecule has 0 fully saturated rings. The van der Waals surface area contributed by atoms with E-state index in [0.29, 0.717) is 0 Å². The Morgan fingerprint density at radius 3 is 2.76 bits per heavy atom. The smallest absolute Gasteiger partial charge is 0.310 e. The molecular weight excluding hydrogens is 218 g/mol. The van der Waals surface area contributed by atoms with E-state index in [0.717, 1.165) is 27.8 Å². The highest BCUT2D eigenvalue weighted by molar-refractivity contribution is 5.91.